The van der Waals surface area contributed by atoms with Gasteiger partial charge >= 0.3 is 6.09 Å². The molecule has 326 valence electrons. The molecule has 3 aromatic carbocycles. The number of aliphatic hydroxyl groups excluding tert-OH is 1. The molecule has 8 atom stereocenters. The number of allylic oxidation sites excluding steroid dienone is 1. The zero-order chi connectivity index (χ0) is 42.3. The number of carbonyl (C=O) groups excluding carboxylic acids is 1. The van der Waals surface area contributed by atoms with Crippen LogP contribution in [0.2, 0.25) is 0 Å². The Kier molecular flexibility index (Phi) is 14.4. The van der Waals surface area contributed by atoms with Crippen LogP contribution in [0.3, 0.4) is 0 Å². The second-order valence-corrected chi connectivity index (χ2v) is 19.5. The van der Waals surface area contributed by atoms with Crippen molar-refractivity contribution in [3.05, 3.63) is 107 Å². The van der Waals surface area contributed by atoms with Crippen molar-refractivity contribution in [1.82, 2.24) is 5.32 Å². The fourth-order valence-electron chi connectivity index (χ4n) is 12.4. The van der Waals surface area contributed by atoms with E-state index in [2.05, 4.69) is 51.2 Å². The van der Waals surface area contributed by atoms with Crippen LogP contribution in [-0.2, 0) is 15.1 Å². The van der Waals surface area contributed by atoms with E-state index >= 15 is 0 Å². The van der Waals surface area contributed by atoms with Gasteiger partial charge in [-0.2, -0.15) is 0 Å². The number of aliphatic hydroxyl groups is 1. The molecule has 7 rings (SSSR count). The van der Waals surface area contributed by atoms with Crippen LogP contribution in [0.4, 0.5) is 4.79 Å². The van der Waals surface area contributed by atoms with Crippen LogP contribution in [-0.4, -0.2) is 50.8 Å². The number of amides is 1. The van der Waals surface area contributed by atoms with E-state index in [1.165, 1.54) is 63.4 Å². The van der Waals surface area contributed by atoms with Gasteiger partial charge in [0.15, 0.2) is 0 Å². The van der Waals surface area contributed by atoms with Crippen molar-refractivity contribution in [2.45, 2.75) is 135 Å². The van der Waals surface area contributed by atoms with Crippen LogP contribution >= 0.6 is 0 Å². The maximum absolute atomic E-state index is 13.1. The van der Waals surface area contributed by atoms with Crippen molar-refractivity contribution in [3.8, 4) is 11.5 Å². The Labute approximate surface area is 361 Å². The van der Waals surface area contributed by atoms with Crippen molar-refractivity contribution in [2.75, 3.05) is 27.4 Å². The molecule has 0 radical (unpaired) electrons. The first-order valence-corrected chi connectivity index (χ1v) is 23.3. The lowest BCUT2D eigenvalue weighted by atomic mass is 9.47. The van der Waals surface area contributed by atoms with Crippen LogP contribution in [0.25, 0.3) is 0 Å². The lowest BCUT2D eigenvalue weighted by molar-refractivity contribution is -0.0519. The van der Waals surface area contributed by atoms with E-state index in [4.69, 9.17) is 18.9 Å². The summed E-state index contributed by atoms with van der Waals surface area (Å²) in [6.45, 7) is 10.5. The third-order valence-electron chi connectivity index (χ3n) is 15.8. The number of hydrogen-bond acceptors (Lipinski definition) is 6. The van der Waals surface area contributed by atoms with Crippen molar-refractivity contribution in [1.29, 1.82) is 0 Å². The second-order valence-electron chi connectivity index (χ2n) is 19.5. The highest BCUT2D eigenvalue weighted by atomic mass is 16.6. The van der Waals surface area contributed by atoms with Crippen LogP contribution in [0.1, 0.15) is 134 Å². The third kappa shape index (κ3) is 9.33. The van der Waals surface area contributed by atoms with Crippen molar-refractivity contribution < 1.29 is 28.8 Å². The molecule has 0 aliphatic heterocycles. The Balaban J connectivity index is 0.905. The van der Waals surface area contributed by atoms with Crippen molar-refractivity contribution in [3.63, 3.8) is 0 Å². The number of unbranched alkanes of at least 4 members (excludes halogenated alkanes) is 1. The SMILES string of the molecule is COc1ccc(C(OCCC(O)CCNC(=O)OC2CCC3(C)C(=CCC4C3CCC3(C)C(CCCCC(C)C)CCC43)C2)(c2ccccc2)c2ccc(OC)cc2)cc1. The number of carbonyl (C=O) groups is 1. The van der Waals surface area contributed by atoms with Gasteiger partial charge in [0, 0.05) is 13.0 Å². The minimum atomic E-state index is -0.948. The van der Waals surface area contributed by atoms with Crippen molar-refractivity contribution >= 4 is 6.09 Å². The summed E-state index contributed by atoms with van der Waals surface area (Å²) in [6, 6.07) is 26.1. The standard InChI is InChI=1S/C53H73NO6/c1-37(2)12-10-11-13-38-21-27-48-47-26-20-42-36-46(28-32-52(42,4)49(47)29-33-51(38,48)3)60-50(56)54-34-30-43(55)31-35-59-53(39-14-8-7-9-15-39,40-16-22-44(57-5)23-17-40)41-18-24-45(58-6)25-19-41/h7-9,14-20,22-25,37-38,43,46-49,55H,10-13,21,26-36H2,1-6H3,(H,54,56). The molecule has 60 heavy (non-hydrogen) atoms. The van der Waals surface area contributed by atoms with E-state index in [-0.39, 0.29) is 24.2 Å². The molecule has 0 aromatic heterocycles. The van der Waals surface area contributed by atoms with Gasteiger partial charge in [0.1, 0.15) is 23.2 Å². The number of nitrogens with one attached hydrogen (secondary N) is 1. The maximum Gasteiger partial charge on any atom is 0.407 e. The molecule has 4 aliphatic rings. The molecule has 0 saturated heterocycles. The van der Waals surface area contributed by atoms with Crippen LogP contribution < -0.4 is 14.8 Å². The minimum Gasteiger partial charge on any atom is -0.497 e. The number of fused-ring (bicyclic) bond motifs is 5. The lowest BCUT2D eigenvalue weighted by Crippen LogP contribution is -2.50. The summed E-state index contributed by atoms with van der Waals surface area (Å²) in [4.78, 5) is 13.1. The number of ether oxygens (including phenoxy) is 4. The lowest BCUT2D eigenvalue weighted by Gasteiger charge is -2.58. The van der Waals surface area contributed by atoms with Gasteiger partial charge in [-0.05, 0) is 146 Å². The normalized spacial score (nSPS) is 27.9. The van der Waals surface area contributed by atoms with E-state index < -0.39 is 11.7 Å². The van der Waals surface area contributed by atoms with Gasteiger partial charge in [-0.15, -0.1) is 0 Å². The van der Waals surface area contributed by atoms with E-state index in [1.54, 1.807) is 14.2 Å². The average molecular weight is 820 g/mol. The summed E-state index contributed by atoms with van der Waals surface area (Å²) in [7, 11) is 3.32. The number of rotatable bonds is 18. The summed E-state index contributed by atoms with van der Waals surface area (Å²) in [5.41, 5.74) is 4.18. The van der Waals surface area contributed by atoms with Crippen LogP contribution in [0, 0.1) is 40.4 Å². The molecule has 2 N–H and O–H groups in total. The maximum atomic E-state index is 13.1. The summed E-state index contributed by atoms with van der Waals surface area (Å²) in [5, 5.41) is 14.1. The smallest absolute Gasteiger partial charge is 0.407 e. The summed E-state index contributed by atoms with van der Waals surface area (Å²) < 4.78 is 23.9. The molecule has 7 nitrogen and oxygen atoms in total. The first-order valence-electron chi connectivity index (χ1n) is 23.3. The predicted molar refractivity (Wildman–Crippen MR) is 240 cm³/mol. The highest BCUT2D eigenvalue weighted by molar-refractivity contribution is 5.67. The highest BCUT2D eigenvalue weighted by Gasteiger charge is 2.58. The van der Waals surface area contributed by atoms with Gasteiger partial charge in [0.25, 0.3) is 0 Å². The fraction of sp³-hybridized carbons (Fsp3) is 0.604. The van der Waals surface area contributed by atoms with Crippen molar-refractivity contribution in [2.24, 2.45) is 40.4 Å². The molecule has 0 bridgehead atoms. The first kappa shape index (κ1) is 44.3. The molecule has 0 heterocycles. The fourth-order valence-corrected chi connectivity index (χ4v) is 12.4. The Hall–Kier alpha value is -3.81. The summed E-state index contributed by atoms with van der Waals surface area (Å²) in [5.74, 6) is 5.65. The molecular weight excluding hydrogens is 747 g/mol. The van der Waals surface area contributed by atoms with Crippen LogP contribution in [0.5, 0.6) is 11.5 Å². The molecule has 3 aromatic rings. The Morgan fingerprint density at radius 2 is 1.47 bits per heavy atom. The minimum absolute atomic E-state index is 0.100. The van der Waals surface area contributed by atoms with Gasteiger partial charge in [0.2, 0.25) is 0 Å². The molecule has 3 fully saturated rings. The van der Waals surface area contributed by atoms with E-state index in [0.717, 1.165) is 77.0 Å². The van der Waals surface area contributed by atoms with Crippen LogP contribution in [0.15, 0.2) is 90.5 Å². The van der Waals surface area contributed by atoms with Gasteiger partial charge < -0.3 is 29.4 Å². The molecular formula is C53H73NO6. The largest absolute Gasteiger partial charge is 0.497 e. The molecule has 0 spiro atoms. The number of hydrogen-bond donors (Lipinski definition) is 2. The Bertz CT molecular complexity index is 1810. The second kappa shape index (κ2) is 19.5. The monoisotopic (exact) mass is 820 g/mol. The number of benzene rings is 3. The topological polar surface area (TPSA) is 86.2 Å². The molecule has 3 saturated carbocycles. The van der Waals surface area contributed by atoms with Gasteiger partial charge in [-0.3, -0.25) is 0 Å². The third-order valence-corrected chi connectivity index (χ3v) is 15.8. The Morgan fingerprint density at radius 3 is 2.12 bits per heavy atom. The zero-order valence-electron chi connectivity index (χ0n) is 37.4. The van der Waals surface area contributed by atoms with E-state index in [1.807, 2.05) is 66.7 Å². The summed E-state index contributed by atoms with van der Waals surface area (Å²) in [6.07, 6.45) is 17.4. The van der Waals surface area contributed by atoms with Gasteiger partial charge in [0.05, 0.1) is 26.9 Å². The average Bonchev–Trinajstić information content (AvgIpc) is 3.60. The predicted octanol–water partition coefficient (Wildman–Crippen LogP) is 12.0. The Morgan fingerprint density at radius 1 is 0.800 bits per heavy atom. The van der Waals surface area contributed by atoms with Gasteiger partial charge in [-0.1, -0.05) is 113 Å². The van der Waals surface area contributed by atoms with E-state index in [0.29, 0.717) is 24.8 Å². The molecule has 4 aliphatic carbocycles. The zero-order valence-corrected chi connectivity index (χ0v) is 37.4. The quantitative estimate of drug-likeness (QED) is 0.0755. The molecule has 1 amide bonds. The molecule has 8 unspecified atom stereocenters. The number of methoxy groups -OCH3 is 2. The first-order chi connectivity index (χ1) is 29.0. The summed E-state index contributed by atoms with van der Waals surface area (Å²) >= 11 is 0. The van der Waals surface area contributed by atoms with Gasteiger partial charge in [-0.25, -0.2) is 4.79 Å². The number of alkyl carbamates (subject to hydrolysis) is 1. The molecule has 7 heteroatoms. The highest BCUT2D eigenvalue weighted by Crippen LogP contribution is 2.67. The van der Waals surface area contributed by atoms with E-state index in [9.17, 15) is 9.90 Å².